The summed E-state index contributed by atoms with van der Waals surface area (Å²) >= 11 is 0. The van der Waals surface area contributed by atoms with Crippen molar-refractivity contribution in [3.8, 4) is 5.75 Å². The molecular formula is C11H13FN2O5. The second-order valence-corrected chi connectivity index (χ2v) is 4.01. The van der Waals surface area contributed by atoms with E-state index in [0.717, 1.165) is 6.07 Å². The molecule has 0 unspecified atom stereocenters. The van der Waals surface area contributed by atoms with Gasteiger partial charge >= 0.3 is 11.7 Å². The van der Waals surface area contributed by atoms with Crippen LogP contribution >= 0.6 is 0 Å². The van der Waals surface area contributed by atoms with E-state index in [4.69, 9.17) is 9.84 Å². The van der Waals surface area contributed by atoms with Crippen molar-refractivity contribution in [2.45, 2.75) is 0 Å². The van der Waals surface area contributed by atoms with Crippen molar-refractivity contribution in [2.75, 3.05) is 27.2 Å². The Kier molecular flexibility index (Phi) is 4.76. The number of nitrogens with zero attached hydrogens (tertiary/aromatic N) is 2. The van der Waals surface area contributed by atoms with Crippen molar-refractivity contribution in [2.24, 2.45) is 0 Å². The number of hydrogen-bond donors (Lipinski definition) is 1. The van der Waals surface area contributed by atoms with E-state index in [1.165, 1.54) is 0 Å². The van der Waals surface area contributed by atoms with E-state index in [1.54, 1.807) is 19.0 Å². The third kappa shape index (κ3) is 3.88. The topological polar surface area (TPSA) is 92.9 Å². The van der Waals surface area contributed by atoms with Crippen LogP contribution in [0.15, 0.2) is 12.1 Å². The van der Waals surface area contributed by atoms with Gasteiger partial charge in [-0.25, -0.2) is 9.18 Å². The molecule has 0 aliphatic carbocycles. The van der Waals surface area contributed by atoms with Gasteiger partial charge in [0.2, 0.25) is 0 Å². The quantitative estimate of drug-likeness (QED) is 0.621. The molecule has 0 bridgehead atoms. The minimum atomic E-state index is -1.57. The van der Waals surface area contributed by atoms with E-state index in [1.807, 2.05) is 0 Å². The van der Waals surface area contributed by atoms with Crippen LogP contribution in [-0.4, -0.2) is 48.1 Å². The van der Waals surface area contributed by atoms with Crippen molar-refractivity contribution in [1.82, 2.24) is 4.90 Å². The maximum Gasteiger partial charge on any atom is 0.338 e. The second kappa shape index (κ2) is 6.10. The molecule has 1 N–H and O–H groups in total. The zero-order chi connectivity index (χ0) is 14.6. The van der Waals surface area contributed by atoms with E-state index in [9.17, 15) is 19.3 Å². The number of rotatable bonds is 6. The molecule has 0 aromatic heterocycles. The minimum absolute atomic E-state index is 0.125. The fraction of sp³-hybridized carbons (Fsp3) is 0.364. The first-order valence-electron chi connectivity index (χ1n) is 5.31. The molecular weight excluding hydrogens is 259 g/mol. The summed E-state index contributed by atoms with van der Waals surface area (Å²) in [5.41, 5.74) is -1.33. The van der Waals surface area contributed by atoms with Gasteiger partial charge in [0.1, 0.15) is 18.0 Å². The normalized spacial score (nSPS) is 10.5. The molecule has 8 heteroatoms. The first kappa shape index (κ1) is 14.8. The molecule has 1 aromatic carbocycles. The van der Waals surface area contributed by atoms with Gasteiger partial charge < -0.3 is 14.7 Å². The van der Waals surface area contributed by atoms with Gasteiger partial charge in [0.25, 0.3) is 0 Å². The molecule has 0 aliphatic heterocycles. The molecule has 0 fully saturated rings. The summed E-state index contributed by atoms with van der Waals surface area (Å²) in [6.45, 7) is 0.610. The van der Waals surface area contributed by atoms with Gasteiger partial charge in [0.15, 0.2) is 5.75 Å². The summed E-state index contributed by atoms with van der Waals surface area (Å²) in [4.78, 5) is 22.5. The summed E-state index contributed by atoms with van der Waals surface area (Å²) in [7, 11) is 3.57. The Morgan fingerprint density at radius 2 is 2.16 bits per heavy atom. The Bertz CT molecular complexity index is 504. The fourth-order valence-corrected chi connectivity index (χ4v) is 1.30. The Balaban J connectivity index is 3.06. The van der Waals surface area contributed by atoms with E-state index >= 15 is 0 Å². The SMILES string of the molecule is CN(C)CCOc1cc(F)c(C(=O)O)cc1[N+](=O)[O-]. The number of ether oxygens (including phenoxy) is 1. The van der Waals surface area contributed by atoms with Crippen molar-refractivity contribution < 1.29 is 24.0 Å². The molecule has 0 amide bonds. The Labute approximate surface area is 108 Å². The number of benzene rings is 1. The monoisotopic (exact) mass is 272 g/mol. The fourth-order valence-electron chi connectivity index (χ4n) is 1.30. The first-order valence-corrected chi connectivity index (χ1v) is 5.31. The molecule has 1 aromatic rings. The highest BCUT2D eigenvalue weighted by molar-refractivity contribution is 5.89. The molecule has 0 radical (unpaired) electrons. The Morgan fingerprint density at radius 3 is 2.63 bits per heavy atom. The van der Waals surface area contributed by atoms with Crippen LogP contribution in [0, 0.1) is 15.9 Å². The smallest absolute Gasteiger partial charge is 0.338 e. The largest absolute Gasteiger partial charge is 0.485 e. The van der Waals surface area contributed by atoms with Crippen LogP contribution < -0.4 is 4.74 Å². The molecule has 0 spiro atoms. The number of halogens is 1. The molecule has 0 heterocycles. The van der Waals surface area contributed by atoms with Gasteiger partial charge in [0, 0.05) is 18.7 Å². The molecule has 0 aliphatic rings. The molecule has 7 nitrogen and oxygen atoms in total. The molecule has 19 heavy (non-hydrogen) atoms. The van der Waals surface area contributed by atoms with Crippen molar-refractivity contribution in [3.63, 3.8) is 0 Å². The van der Waals surface area contributed by atoms with Crippen molar-refractivity contribution >= 4 is 11.7 Å². The first-order chi connectivity index (χ1) is 8.82. The average Bonchev–Trinajstić information content (AvgIpc) is 2.27. The van der Waals surface area contributed by atoms with Crippen LogP contribution in [-0.2, 0) is 0 Å². The highest BCUT2D eigenvalue weighted by Crippen LogP contribution is 2.30. The van der Waals surface area contributed by atoms with Crippen LogP contribution in [0.2, 0.25) is 0 Å². The summed E-state index contributed by atoms with van der Waals surface area (Å²) in [5, 5.41) is 19.5. The van der Waals surface area contributed by atoms with Crippen LogP contribution in [0.1, 0.15) is 10.4 Å². The van der Waals surface area contributed by atoms with Crippen LogP contribution in [0.4, 0.5) is 10.1 Å². The average molecular weight is 272 g/mol. The minimum Gasteiger partial charge on any atom is -0.485 e. The number of hydrogen-bond acceptors (Lipinski definition) is 5. The summed E-state index contributed by atoms with van der Waals surface area (Å²) < 4.78 is 18.5. The lowest BCUT2D eigenvalue weighted by Gasteiger charge is -2.11. The maximum absolute atomic E-state index is 13.4. The van der Waals surface area contributed by atoms with E-state index < -0.39 is 28.0 Å². The maximum atomic E-state index is 13.4. The predicted molar refractivity (Wildman–Crippen MR) is 64.1 cm³/mol. The van der Waals surface area contributed by atoms with Crippen molar-refractivity contribution in [1.29, 1.82) is 0 Å². The third-order valence-corrected chi connectivity index (χ3v) is 2.27. The zero-order valence-electron chi connectivity index (χ0n) is 10.4. The van der Waals surface area contributed by atoms with Gasteiger partial charge in [-0.2, -0.15) is 0 Å². The van der Waals surface area contributed by atoms with Gasteiger partial charge in [-0.05, 0) is 14.1 Å². The molecule has 0 atom stereocenters. The van der Waals surface area contributed by atoms with Crippen LogP contribution in [0.25, 0.3) is 0 Å². The summed E-state index contributed by atoms with van der Waals surface area (Å²) in [5.74, 6) is -2.92. The number of carboxylic acids is 1. The highest BCUT2D eigenvalue weighted by atomic mass is 19.1. The molecule has 0 saturated heterocycles. The van der Waals surface area contributed by atoms with Gasteiger partial charge in [0.05, 0.1) is 4.92 Å². The Morgan fingerprint density at radius 1 is 1.53 bits per heavy atom. The van der Waals surface area contributed by atoms with E-state index in [2.05, 4.69) is 0 Å². The van der Waals surface area contributed by atoms with Crippen molar-refractivity contribution in [3.05, 3.63) is 33.6 Å². The molecule has 104 valence electrons. The standard InChI is InChI=1S/C11H13FN2O5/c1-13(2)3-4-19-10-6-8(12)7(11(15)16)5-9(10)14(17)18/h5-6H,3-4H2,1-2H3,(H,15,16). The predicted octanol–water partition coefficient (Wildman–Crippen LogP) is 1.37. The lowest BCUT2D eigenvalue weighted by molar-refractivity contribution is -0.386. The van der Waals surface area contributed by atoms with Gasteiger partial charge in [-0.1, -0.05) is 0 Å². The number of carboxylic acid groups (broad SMARTS) is 1. The van der Waals surface area contributed by atoms with E-state index in [0.29, 0.717) is 12.6 Å². The number of carbonyl (C=O) groups is 1. The summed E-state index contributed by atoms with van der Waals surface area (Å²) in [6.07, 6.45) is 0. The third-order valence-electron chi connectivity index (χ3n) is 2.27. The number of aromatic carboxylic acids is 1. The second-order valence-electron chi connectivity index (χ2n) is 4.01. The van der Waals surface area contributed by atoms with Crippen LogP contribution in [0.3, 0.4) is 0 Å². The lowest BCUT2D eigenvalue weighted by Crippen LogP contribution is -2.19. The number of likely N-dealkylation sites (N-methyl/N-ethyl adjacent to an activating group) is 1. The number of nitro groups is 1. The Hall–Kier alpha value is -2.22. The van der Waals surface area contributed by atoms with Gasteiger partial charge in [-0.15, -0.1) is 0 Å². The lowest BCUT2D eigenvalue weighted by atomic mass is 10.1. The summed E-state index contributed by atoms with van der Waals surface area (Å²) in [6, 6.07) is 1.37. The molecule has 1 rings (SSSR count). The molecule has 0 saturated carbocycles. The van der Waals surface area contributed by atoms with E-state index in [-0.39, 0.29) is 12.4 Å². The number of nitro benzene ring substituents is 1. The van der Waals surface area contributed by atoms with Gasteiger partial charge in [-0.3, -0.25) is 10.1 Å². The zero-order valence-corrected chi connectivity index (χ0v) is 10.4. The highest BCUT2D eigenvalue weighted by Gasteiger charge is 2.22. The van der Waals surface area contributed by atoms with Crippen LogP contribution in [0.5, 0.6) is 5.75 Å².